The molecule has 4 nitrogen and oxygen atoms in total. The first-order valence-electron chi connectivity index (χ1n) is 6.21. The Hall–Kier alpha value is -1.28. The lowest BCUT2D eigenvalue weighted by Crippen LogP contribution is -2.30. The van der Waals surface area contributed by atoms with E-state index in [9.17, 15) is 21.6 Å². The molecular weight excluding hydrogens is 293 g/mol. The van der Waals surface area contributed by atoms with Crippen LogP contribution in [0.1, 0.15) is 23.5 Å². The zero-order chi connectivity index (χ0) is 14.5. The van der Waals surface area contributed by atoms with E-state index in [4.69, 9.17) is 0 Å². The molecule has 0 spiro atoms. The summed E-state index contributed by atoms with van der Waals surface area (Å²) in [7, 11) is -5.38. The number of rotatable bonds is 2. The number of fused-ring (bicyclic) bond motifs is 3. The molecule has 3 rings (SSSR count). The number of anilines is 1. The Kier molecular flexibility index (Phi) is 2.98. The van der Waals surface area contributed by atoms with Gasteiger partial charge in [0.25, 0.3) is 0 Å². The molecule has 20 heavy (non-hydrogen) atoms. The summed E-state index contributed by atoms with van der Waals surface area (Å²) in [4.78, 5) is 0. The lowest BCUT2D eigenvalue weighted by molar-refractivity contribution is -0.0429. The van der Waals surface area contributed by atoms with Crippen molar-refractivity contribution in [3.05, 3.63) is 29.3 Å². The molecule has 2 atom stereocenters. The van der Waals surface area contributed by atoms with Crippen molar-refractivity contribution in [3.8, 4) is 0 Å². The Morgan fingerprint density at radius 2 is 2.05 bits per heavy atom. The predicted molar refractivity (Wildman–Crippen MR) is 67.6 cm³/mol. The van der Waals surface area contributed by atoms with Gasteiger partial charge in [-0.25, -0.2) is 0 Å². The Morgan fingerprint density at radius 3 is 2.75 bits per heavy atom. The first-order valence-corrected chi connectivity index (χ1v) is 7.69. The van der Waals surface area contributed by atoms with Gasteiger partial charge in [-0.15, -0.1) is 0 Å². The lowest BCUT2D eigenvalue weighted by Gasteiger charge is -2.16. The third kappa shape index (κ3) is 2.26. The Labute approximate surface area is 114 Å². The van der Waals surface area contributed by atoms with Crippen LogP contribution in [0.15, 0.2) is 18.2 Å². The monoisotopic (exact) mass is 306 g/mol. The van der Waals surface area contributed by atoms with Crippen LogP contribution in [0.3, 0.4) is 0 Å². The fourth-order valence-electron chi connectivity index (χ4n) is 2.68. The van der Waals surface area contributed by atoms with E-state index in [1.165, 1.54) is 6.07 Å². The van der Waals surface area contributed by atoms with Gasteiger partial charge in [-0.1, -0.05) is 12.1 Å². The van der Waals surface area contributed by atoms with E-state index in [1.54, 1.807) is 10.8 Å². The quantitative estimate of drug-likeness (QED) is 0.880. The second-order valence-electron chi connectivity index (χ2n) is 5.16. The molecular formula is C12H13F3N2O2S. The molecule has 1 fully saturated rings. The standard InChI is InChI=1S/C12H13F3N2O2S/c13-12(14,15)20(18,19)17-11-3-1-2-8-9-4-7(9)5-16-6-10(8)11/h1-3,7,9,16-17H,4-6H2/t7-,9-/m1/s1. The van der Waals surface area contributed by atoms with Crippen LogP contribution in [0.5, 0.6) is 0 Å². The van der Waals surface area contributed by atoms with Gasteiger partial charge in [0, 0.05) is 6.54 Å². The molecule has 2 N–H and O–H groups in total. The van der Waals surface area contributed by atoms with E-state index < -0.39 is 15.5 Å². The summed E-state index contributed by atoms with van der Waals surface area (Å²) in [6.45, 7) is 1.18. The zero-order valence-electron chi connectivity index (χ0n) is 10.4. The minimum absolute atomic E-state index is 0.0138. The maximum absolute atomic E-state index is 12.5. The highest BCUT2D eigenvalue weighted by atomic mass is 32.2. The van der Waals surface area contributed by atoms with Gasteiger partial charge in [-0.05, 0) is 42.0 Å². The first-order chi connectivity index (χ1) is 9.29. The summed E-state index contributed by atoms with van der Waals surface area (Å²) >= 11 is 0. The second kappa shape index (κ2) is 4.36. The maximum atomic E-state index is 12.5. The van der Waals surface area contributed by atoms with Crippen LogP contribution < -0.4 is 10.0 Å². The van der Waals surface area contributed by atoms with Crippen LogP contribution in [-0.4, -0.2) is 20.5 Å². The smallest absolute Gasteiger partial charge is 0.312 e. The van der Waals surface area contributed by atoms with Crippen LogP contribution in [-0.2, 0) is 16.6 Å². The molecule has 1 saturated carbocycles. The molecule has 1 aromatic carbocycles. The number of hydrogen-bond donors (Lipinski definition) is 2. The van der Waals surface area contributed by atoms with Crippen molar-refractivity contribution in [2.45, 2.75) is 24.4 Å². The number of nitrogens with one attached hydrogen (secondary N) is 2. The van der Waals surface area contributed by atoms with Gasteiger partial charge in [0.1, 0.15) is 0 Å². The average molecular weight is 306 g/mol. The molecule has 0 amide bonds. The SMILES string of the molecule is O=S(=O)(Nc1cccc2c1CNC[C@H]1C[C@@H]21)C(F)(F)F. The summed E-state index contributed by atoms with van der Waals surface area (Å²) in [5.41, 5.74) is -3.73. The highest BCUT2D eigenvalue weighted by Gasteiger charge is 2.47. The second-order valence-corrected chi connectivity index (χ2v) is 6.83. The molecule has 0 aromatic heterocycles. The average Bonchev–Trinajstić information content (AvgIpc) is 3.07. The largest absolute Gasteiger partial charge is 0.516 e. The van der Waals surface area contributed by atoms with Gasteiger partial charge in [-0.2, -0.15) is 21.6 Å². The van der Waals surface area contributed by atoms with Gasteiger partial charge < -0.3 is 5.32 Å². The van der Waals surface area contributed by atoms with Crippen molar-refractivity contribution in [1.29, 1.82) is 0 Å². The van der Waals surface area contributed by atoms with Crippen LogP contribution in [0.25, 0.3) is 0 Å². The van der Waals surface area contributed by atoms with Crippen molar-refractivity contribution < 1.29 is 21.6 Å². The summed E-state index contributed by atoms with van der Waals surface area (Å²) in [6.07, 6.45) is 0.996. The number of alkyl halides is 3. The zero-order valence-corrected chi connectivity index (χ0v) is 11.2. The van der Waals surface area contributed by atoms with Crippen molar-refractivity contribution in [3.63, 3.8) is 0 Å². The maximum Gasteiger partial charge on any atom is 0.516 e. The normalized spacial score (nSPS) is 25.4. The number of halogens is 3. The van der Waals surface area contributed by atoms with Crippen molar-refractivity contribution >= 4 is 15.7 Å². The Bertz CT molecular complexity index is 643. The van der Waals surface area contributed by atoms with E-state index in [0.29, 0.717) is 23.9 Å². The fourth-order valence-corrected chi connectivity index (χ4v) is 3.28. The van der Waals surface area contributed by atoms with Gasteiger partial charge in [-0.3, -0.25) is 4.72 Å². The molecule has 8 heteroatoms. The van der Waals surface area contributed by atoms with Crippen molar-refractivity contribution in [2.24, 2.45) is 5.92 Å². The third-order valence-corrected chi connectivity index (χ3v) is 4.89. The van der Waals surface area contributed by atoms with E-state index in [2.05, 4.69) is 5.32 Å². The van der Waals surface area contributed by atoms with Gasteiger partial charge in [0.05, 0.1) is 5.69 Å². The lowest BCUT2D eigenvalue weighted by atomic mass is 10.0. The molecule has 0 radical (unpaired) electrons. The highest BCUT2D eigenvalue weighted by Crippen LogP contribution is 2.50. The van der Waals surface area contributed by atoms with E-state index in [1.807, 2.05) is 6.07 Å². The van der Waals surface area contributed by atoms with Gasteiger partial charge in [0.15, 0.2) is 0 Å². The van der Waals surface area contributed by atoms with Crippen LogP contribution >= 0.6 is 0 Å². The predicted octanol–water partition coefficient (Wildman–Crippen LogP) is 2.15. The molecule has 110 valence electrons. The van der Waals surface area contributed by atoms with E-state index >= 15 is 0 Å². The van der Waals surface area contributed by atoms with Crippen molar-refractivity contribution in [1.82, 2.24) is 5.32 Å². The molecule has 1 aliphatic carbocycles. The van der Waals surface area contributed by atoms with Crippen LogP contribution in [0.2, 0.25) is 0 Å². The third-order valence-electron chi connectivity index (χ3n) is 3.79. The van der Waals surface area contributed by atoms with Crippen LogP contribution in [0.4, 0.5) is 18.9 Å². The molecule has 1 heterocycles. The molecule has 1 aliphatic heterocycles. The fraction of sp³-hybridized carbons (Fsp3) is 0.500. The summed E-state index contributed by atoms with van der Waals surface area (Å²) in [6, 6.07) is 4.82. The van der Waals surface area contributed by atoms with E-state index in [0.717, 1.165) is 18.5 Å². The summed E-state index contributed by atoms with van der Waals surface area (Å²) < 4.78 is 61.5. The first kappa shape index (κ1) is 13.7. The number of sulfonamides is 1. The van der Waals surface area contributed by atoms with Gasteiger partial charge in [0.2, 0.25) is 0 Å². The topological polar surface area (TPSA) is 58.2 Å². The summed E-state index contributed by atoms with van der Waals surface area (Å²) in [5, 5.41) is 3.14. The molecule has 1 aromatic rings. The number of hydrogen-bond acceptors (Lipinski definition) is 3. The molecule has 0 bridgehead atoms. The molecule has 2 aliphatic rings. The Balaban J connectivity index is 1.98. The van der Waals surface area contributed by atoms with Crippen LogP contribution in [0, 0.1) is 5.92 Å². The number of benzene rings is 1. The van der Waals surface area contributed by atoms with Crippen molar-refractivity contribution in [2.75, 3.05) is 11.3 Å². The minimum Gasteiger partial charge on any atom is -0.312 e. The minimum atomic E-state index is -5.38. The van der Waals surface area contributed by atoms with E-state index in [-0.39, 0.29) is 5.69 Å². The van der Waals surface area contributed by atoms with Gasteiger partial charge >= 0.3 is 15.5 Å². The Morgan fingerprint density at radius 1 is 1.30 bits per heavy atom. The molecule has 0 unspecified atom stereocenters. The summed E-state index contributed by atoms with van der Waals surface area (Å²) in [5.74, 6) is 0.834. The highest BCUT2D eigenvalue weighted by molar-refractivity contribution is 7.93. The molecule has 0 saturated heterocycles.